The molecule has 0 unspecified atom stereocenters. The van der Waals surface area contributed by atoms with Crippen LogP contribution in [-0.2, 0) is 11.8 Å². The van der Waals surface area contributed by atoms with Gasteiger partial charge in [-0.3, -0.25) is 19.5 Å². The average Bonchev–Trinajstić information content (AvgIpc) is 2.66. The molecule has 0 atom stereocenters. The number of benzene rings is 2. The highest BCUT2D eigenvalue weighted by molar-refractivity contribution is 7.99. The largest absolute Gasteiger partial charge is 0.325 e. The van der Waals surface area contributed by atoms with E-state index in [1.165, 1.54) is 4.57 Å². The van der Waals surface area contributed by atoms with Gasteiger partial charge in [0.15, 0.2) is 5.16 Å². The van der Waals surface area contributed by atoms with Crippen LogP contribution in [0.4, 0.5) is 10.5 Å². The molecule has 0 aliphatic rings. The monoisotopic (exact) mass is 396 g/mol. The Morgan fingerprint density at radius 2 is 1.89 bits per heavy atom. The minimum Gasteiger partial charge on any atom is -0.307 e. The molecule has 0 bridgehead atoms. The van der Waals surface area contributed by atoms with Crippen molar-refractivity contribution in [3.8, 4) is 0 Å². The number of hydrogen-bond acceptors (Lipinski definition) is 5. The predicted octanol–water partition coefficient (Wildman–Crippen LogP) is 2.99. The van der Waals surface area contributed by atoms with E-state index < -0.39 is 11.9 Å². The second-order valence-electron chi connectivity index (χ2n) is 6.39. The van der Waals surface area contributed by atoms with Crippen LogP contribution in [0, 0.1) is 13.8 Å². The Balaban J connectivity index is 1.63. The SMILES string of the molecule is Cc1ccc(NC(=O)NC(=O)CSc2nc3ccccc3c(=O)n2C)c(C)c1. The van der Waals surface area contributed by atoms with Crippen LogP contribution in [0.3, 0.4) is 0 Å². The van der Waals surface area contributed by atoms with E-state index in [-0.39, 0.29) is 11.3 Å². The van der Waals surface area contributed by atoms with Gasteiger partial charge in [0.1, 0.15) is 0 Å². The van der Waals surface area contributed by atoms with Crippen LogP contribution in [0.25, 0.3) is 10.9 Å². The molecule has 1 heterocycles. The van der Waals surface area contributed by atoms with Crippen molar-refractivity contribution in [2.75, 3.05) is 11.1 Å². The number of amides is 3. The molecule has 0 fully saturated rings. The van der Waals surface area contributed by atoms with Gasteiger partial charge in [0.2, 0.25) is 5.91 Å². The number of thioether (sulfide) groups is 1. The highest BCUT2D eigenvalue weighted by Gasteiger charge is 2.13. The third-order valence-corrected chi connectivity index (χ3v) is 5.19. The third kappa shape index (κ3) is 4.40. The number of para-hydroxylation sites is 1. The molecule has 144 valence electrons. The molecule has 0 saturated heterocycles. The Kier molecular flexibility index (Phi) is 5.79. The zero-order valence-electron chi connectivity index (χ0n) is 15.8. The quantitative estimate of drug-likeness (QED) is 0.522. The van der Waals surface area contributed by atoms with Crippen LogP contribution in [-0.4, -0.2) is 27.2 Å². The summed E-state index contributed by atoms with van der Waals surface area (Å²) in [5, 5.41) is 5.88. The fraction of sp³-hybridized carbons (Fsp3) is 0.200. The molecule has 28 heavy (non-hydrogen) atoms. The first-order valence-electron chi connectivity index (χ1n) is 8.62. The lowest BCUT2D eigenvalue weighted by atomic mass is 10.1. The maximum absolute atomic E-state index is 12.4. The van der Waals surface area contributed by atoms with Gasteiger partial charge in [-0.1, -0.05) is 41.6 Å². The van der Waals surface area contributed by atoms with Gasteiger partial charge in [0.25, 0.3) is 5.56 Å². The fourth-order valence-electron chi connectivity index (χ4n) is 2.73. The van der Waals surface area contributed by atoms with Crippen molar-refractivity contribution in [2.24, 2.45) is 7.05 Å². The number of imide groups is 1. The second-order valence-corrected chi connectivity index (χ2v) is 7.33. The first kappa shape index (κ1) is 19.6. The fourth-order valence-corrected chi connectivity index (χ4v) is 3.50. The van der Waals surface area contributed by atoms with Crippen molar-refractivity contribution < 1.29 is 9.59 Å². The number of carbonyl (C=O) groups excluding carboxylic acids is 2. The summed E-state index contributed by atoms with van der Waals surface area (Å²) < 4.78 is 1.40. The number of nitrogens with zero attached hydrogens (tertiary/aromatic N) is 2. The Bertz CT molecular complexity index is 1120. The zero-order valence-corrected chi connectivity index (χ0v) is 16.6. The van der Waals surface area contributed by atoms with E-state index in [1.807, 2.05) is 26.0 Å². The van der Waals surface area contributed by atoms with Crippen molar-refractivity contribution in [1.82, 2.24) is 14.9 Å². The Morgan fingerprint density at radius 3 is 2.64 bits per heavy atom. The summed E-state index contributed by atoms with van der Waals surface area (Å²) in [6.07, 6.45) is 0. The molecule has 1 aromatic heterocycles. The lowest BCUT2D eigenvalue weighted by molar-refractivity contribution is -0.117. The molecule has 2 N–H and O–H groups in total. The average molecular weight is 396 g/mol. The van der Waals surface area contributed by atoms with Crippen molar-refractivity contribution in [2.45, 2.75) is 19.0 Å². The van der Waals surface area contributed by atoms with E-state index in [0.29, 0.717) is 21.7 Å². The van der Waals surface area contributed by atoms with E-state index in [0.717, 1.165) is 22.9 Å². The normalized spacial score (nSPS) is 10.7. The van der Waals surface area contributed by atoms with Crippen LogP contribution in [0.2, 0.25) is 0 Å². The van der Waals surface area contributed by atoms with Crippen molar-refractivity contribution in [3.05, 3.63) is 63.9 Å². The number of aryl methyl sites for hydroxylation is 2. The van der Waals surface area contributed by atoms with Gasteiger partial charge in [-0.15, -0.1) is 0 Å². The summed E-state index contributed by atoms with van der Waals surface area (Å²) in [6, 6.07) is 12.1. The molecule has 8 heteroatoms. The third-order valence-electron chi connectivity index (χ3n) is 4.16. The van der Waals surface area contributed by atoms with E-state index >= 15 is 0 Å². The van der Waals surface area contributed by atoms with Gasteiger partial charge >= 0.3 is 6.03 Å². The van der Waals surface area contributed by atoms with Gasteiger partial charge in [0, 0.05) is 12.7 Å². The number of urea groups is 1. The second kappa shape index (κ2) is 8.26. The van der Waals surface area contributed by atoms with Crippen molar-refractivity contribution in [1.29, 1.82) is 0 Å². The molecule has 3 amide bonds. The minimum atomic E-state index is -0.599. The summed E-state index contributed by atoms with van der Waals surface area (Å²) in [5.74, 6) is -0.520. The molecule has 2 aromatic carbocycles. The molecular weight excluding hydrogens is 376 g/mol. The molecule has 0 aliphatic heterocycles. The summed E-state index contributed by atoms with van der Waals surface area (Å²) in [5.41, 5.74) is 3.03. The Morgan fingerprint density at radius 1 is 1.14 bits per heavy atom. The summed E-state index contributed by atoms with van der Waals surface area (Å²) in [7, 11) is 1.61. The number of fused-ring (bicyclic) bond motifs is 1. The Labute approximate surface area is 166 Å². The molecule has 0 saturated carbocycles. The van der Waals surface area contributed by atoms with Crippen LogP contribution in [0.15, 0.2) is 52.4 Å². The van der Waals surface area contributed by atoms with Crippen molar-refractivity contribution >= 4 is 40.3 Å². The maximum Gasteiger partial charge on any atom is 0.325 e. The number of anilines is 1. The molecule has 0 spiro atoms. The first-order valence-corrected chi connectivity index (χ1v) is 9.60. The number of nitrogens with one attached hydrogen (secondary N) is 2. The summed E-state index contributed by atoms with van der Waals surface area (Å²) in [6.45, 7) is 3.85. The summed E-state index contributed by atoms with van der Waals surface area (Å²) >= 11 is 1.10. The standard InChI is InChI=1S/C20H20N4O3S/c1-12-8-9-15(13(2)10-12)21-19(27)23-17(25)11-28-20-22-16-7-5-4-6-14(16)18(26)24(20)3/h4-10H,11H2,1-3H3,(H2,21,23,25,27). The number of carbonyl (C=O) groups is 2. The molecular formula is C20H20N4O3S. The molecule has 7 nitrogen and oxygen atoms in total. The Hall–Kier alpha value is -3.13. The molecule has 0 radical (unpaired) electrons. The van der Waals surface area contributed by atoms with Gasteiger partial charge in [-0.25, -0.2) is 9.78 Å². The summed E-state index contributed by atoms with van der Waals surface area (Å²) in [4.78, 5) is 40.9. The maximum atomic E-state index is 12.4. The van der Waals surface area contributed by atoms with Crippen LogP contribution >= 0.6 is 11.8 Å². The number of hydrogen-bond donors (Lipinski definition) is 2. The lowest BCUT2D eigenvalue weighted by Gasteiger charge is -2.10. The van der Waals surface area contributed by atoms with Gasteiger partial charge in [-0.05, 0) is 37.6 Å². The van der Waals surface area contributed by atoms with E-state index in [1.54, 1.807) is 37.4 Å². The van der Waals surface area contributed by atoms with Crippen molar-refractivity contribution in [3.63, 3.8) is 0 Å². The van der Waals surface area contributed by atoms with Gasteiger partial charge in [-0.2, -0.15) is 0 Å². The van der Waals surface area contributed by atoms with Gasteiger partial charge < -0.3 is 5.32 Å². The van der Waals surface area contributed by atoms with Crippen LogP contribution in [0.1, 0.15) is 11.1 Å². The molecule has 0 aliphatic carbocycles. The number of rotatable bonds is 4. The molecule has 3 rings (SSSR count). The van der Waals surface area contributed by atoms with E-state index in [4.69, 9.17) is 0 Å². The van der Waals surface area contributed by atoms with Crippen LogP contribution in [0.5, 0.6) is 0 Å². The topological polar surface area (TPSA) is 93.1 Å². The minimum absolute atomic E-state index is 0.0427. The molecule has 3 aromatic rings. The predicted molar refractivity (Wildman–Crippen MR) is 111 cm³/mol. The number of aromatic nitrogens is 2. The highest BCUT2D eigenvalue weighted by atomic mass is 32.2. The lowest BCUT2D eigenvalue weighted by Crippen LogP contribution is -2.35. The smallest absolute Gasteiger partial charge is 0.307 e. The van der Waals surface area contributed by atoms with Crippen LogP contribution < -0.4 is 16.2 Å². The first-order chi connectivity index (χ1) is 13.3. The van der Waals surface area contributed by atoms with E-state index in [9.17, 15) is 14.4 Å². The van der Waals surface area contributed by atoms with Gasteiger partial charge in [0.05, 0.1) is 16.7 Å². The highest BCUT2D eigenvalue weighted by Crippen LogP contribution is 2.17. The van der Waals surface area contributed by atoms with E-state index in [2.05, 4.69) is 15.6 Å². The zero-order chi connectivity index (χ0) is 20.3.